The molecule has 0 atom stereocenters. The lowest BCUT2D eigenvalue weighted by Gasteiger charge is -2.18. The monoisotopic (exact) mass is 675 g/mol. The molecule has 0 saturated heterocycles. The van der Waals surface area contributed by atoms with E-state index in [-0.39, 0.29) is 40.2 Å². The number of fused-ring (bicyclic) bond motifs is 2. The molecule has 3 aromatic carbocycles. The maximum Gasteiger partial charge on any atom is 0.278 e. The number of benzene rings is 3. The van der Waals surface area contributed by atoms with Crippen LogP contribution in [0.4, 0.5) is 0 Å². The Balaban J connectivity index is 1.96. The van der Waals surface area contributed by atoms with Gasteiger partial charge in [0.2, 0.25) is 0 Å². The molecule has 186 valence electrons. The van der Waals surface area contributed by atoms with Crippen molar-refractivity contribution >= 4 is 137 Å². The van der Waals surface area contributed by atoms with Crippen molar-refractivity contribution in [3.8, 4) is 16.3 Å². The standard InChI is InChI=1S/C22H11Cl8N4S2/c1-3-6-31-32-22(36-6)12-15(25)8-9(16(26)18(12)28)14(24)10-11(13(8)23)19(29)21(20(30)17(10)27)34-5-35-7(4-2)33-34/h5H,3-4H2,1-2H3/q+1. The quantitative estimate of drug-likeness (QED) is 0.108. The second-order valence-corrected chi connectivity index (χ2v) is 12.5. The lowest BCUT2D eigenvalue weighted by atomic mass is 10.00. The molecule has 2 heterocycles. The molecular weight excluding hydrogens is 668 g/mol. The van der Waals surface area contributed by atoms with Gasteiger partial charge in [0, 0.05) is 33.1 Å². The fourth-order valence-corrected chi connectivity index (χ4v) is 8.33. The SMILES string of the molecule is CCc1n[n+](-c2c(Cl)c(Cl)c3c(Cl)c4c(Cl)c(Cl)c(-c5nnc(CC)s5)c(Cl)c4c(Cl)c3c2Cl)cs1. The Morgan fingerprint density at radius 2 is 1.19 bits per heavy atom. The highest BCUT2D eigenvalue weighted by Crippen LogP contribution is 2.55. The van der Waals surface area contributed by atoms with Gasteiger partial charge in [0.25, 0.3) is 11.2 Å². The van der Waals surface area contributed by atoms with Gasteiger partial charge in [-0.2, -0.15) is 0 Å². The van der Waals surface area contributed by atoms with E-state index in [9.17, 15) is 0 Å². The normalized spacial score (nSPS) is 11.8. The first kappa shape index (κ1) is 27.2. The number of hydrogen-bond acceptors (Lipinski definition) is 5. The molecule has 0 radical (unpaired) electrons. The van der Waals surface area contributed by atoms with Crippen molar-refractivity contribution in [2.75, 3.05) is 0 Å². The maximum atomic E-state index is 7.00. The van der Waals surface area contributed by atoms with E-state index in [1.807, 2.05) is 13.8 Å². The average Bonchev–Trinajstić information content (AvgIpc) is 3.52. The molecule has 0 amide bonds. The first-order valence-corrected chi connectivity index (χ1v) is 15.0. The van der Waals surface area contributed by atoms with Crippen molar-refractivity contribution in [3.63, 3.8) is 0 Å². The van der Waals surface area contributed by atoms with E-state index in [0.29, 0.717) is 44.2 Å². The topological polar surface area (TPSA) is 42.5 Å². The second kappa shape index (κ2) is 10.3. The van der Waals surface area contributed by atoms with Crippen LogP contribution in [0.25, 0.3) is 37.8 Å². The summed E-state index contributed by atoms with van der Waals surface area (Å²) in [7, 11) is 0. The Bertz CT molecular complexity index is 1590. The van der Waals surface area contributed by atoms with Crippen LogP contribution >= 0.6 is 115 Å². The summed E-state index contributed by atoms with van der Waals surface area (Å²) in [6, 6.07) is 0. The minimum atomic E-state index is 0.141. The lowest BCUT2D eigenvalue weighted by Crippen LogP contribution is -2.33. The smallest absolute Gasteiger partial charge is 0.143 e. The van der Waals surface area contributed by atoms with E-state index in [0.717, 1.165) is 16.4 Å². The molecule has 0 bridgehead atoms. The summed E-state index contributed by atoms with van der Waals surface area (Å²) in [5.74, 6) is 0. The summed E-state index contributed by atoms with van der Waals surface area (Å²) in [6.07, 6.45) is 1.45. The number of hydrogen-bond donors (Lipinski definition) is 0. The van der Waals surface area contributed by atoms with E-state index in [2.05, 4.69) is 15.3 Å². The summed E-state index contributed by atoms with van der Waals surface area (Å²) in [6.45, 7) is 3.97. The minimum Gasteiger partial charge on any atom is -0.143 e. The lowest BCUT2D eigenvalue weighted by molar-refractivity contribution is -0.654. The van der Waals surface area contributed by atoms with Crippen LogP contribution in [0.15, 0.2) is 5.51 Å². The second-order valence-electron chi connectivity index (χ2n) is 7.51. The Morgan fingerprint density at radius 3 is 1.75 bits per heavy atom. The van der Waals surface area contributed by atoms with Crippen LogP contribution in [0.1, 0.15) is 23.9 Å². The van der Waals surface area contributed by atoms with E-state index in [4.69, 9.17) is 92.8 Å². The fraction of sp³-hybridized carbons (Fsp3) is 0.182. The van der Waals surface area contributed by atoms with Crippen LogP contribution in [0.5, 0.6) is 0 Å². The van der Waals surface area contributed by atoms with Gasteiger partial charge in [-0.05, 0) is 11.1 Å². The molecule has 36 heavy (non-hydrogen) atoms. The Morgan fingerprint density at radius 1 is 0.639 bits per heavy atom. The third kappa shape index (κ3) is 4.08. The molecule has 5 aromatic rings. The van der Waals surface area contributed by atoms with E-state index < -0.39 is 0 Å². The number of halogens is 8. The minimum absolute atomic E-state index is 0.141. The number of nitrogens with zero attached hydrogens (tertiary/aromatic N) is 4. The van der Waals surface area contributed by atoms with Gasteiger partial charge in [-0.1, -0.05) is 129 Å². The number of aromatic nitrogens is 4. The van der Waals surface area contributed by atoms with Gasteiger partial charge in [0.05, 0.1) is 35.7 Å². The molecule has 14 heteroatoms. The van der Waals surface area contributed by atoms with Crippen molar-refractivity contribution in [1.29, 1.82) is 0 Å². The van der Waals surface area contributed by atoms with Crippen molar-refractivity contribution in [2.45, 2.75) is 26.7 Å². The van der Waals surface area contributed by atoms with Gasteiger partial charge < -0.3 is 0 Å². The molecule has 2 aromatic heterocycles. The van der Waals surface area contributed by atoms with Crippen LogP contribution in [-0.2, 0) is 12.8 Å². The maximum absolute atomic E-state index is 7.00. The van der Waals surface area contributed by atoms with Crippen molar-refractivity contribution < 1.29 is 4.68 Å². The summed E-state index contributed by atoms with van der Waals surface area (Å²) in [5, 5.41) is 17.9. The highest BCUT2D eigenvalue weighted by molar-refractivity contribution is 7.14. The molecule has 0 spiro atoms. The van der Waals surface area contributed by atoms with Gasteiger partial charge in [0.15, 0.2) is 10.0 Å². The average molecular weight is 679 g/mol. The van der Waals surface area contributed by atoms with Crippen molar-refractivity contribution in [3.05, 3.63) is 55.7 Å². The van der Waals surface area contributed by atoms with Gasteiger partial charge >= 0.3 is 0 Å². The molecule has 0 aliphatic heterocycles. The number of rotatable bonds is 4. The first-order valence-electron chi connectivity index (χ1n) is 10.3. The summed E-state index contributed by atoms with van der Waals surface area (Å²) in [5.41, 5.74) is 2.56. The molecule has 0 aliphatic rings. The Labute approximate surface area is 253 Å². The predicted octanol–water partition coefficient (Wildman–Crippen LogP) is 10.6. The zero-order valence-electron chi connectivity index (χ0n) is 18.1. The molecule has 4 nitrogen and oxygen atoms in total. The third-order valence-electron chi connectivity index (χ3n) is 5.52. The highest BCUT2D eigenvalue weighted by atomic mass is 35.5. The van der Waals surface area contributed by atoms with E-state index in [1.165, 1.54) is 22.7 Å². The van der Waals surface area contributed by atoms with Crippen LogP contribution < -0.4 is 4.68 Å². The zero-order valence-corrected chi connectivity index (χ0v) is 25.8. The fourth-order valence-electron chi connectivity index (χ4n) is 3.80. The number of aryl methyl sites for hydroxylation is 2. The van der Waals surface area contributed by atoms with Gasteiger partial charge in [-0.3, -0.25) is 0 Å². The zero-order chi connectivity index (χ0) is 26.0. The highest BCUT2D eigenvalue weighted by Gasteiger charge is 2.32. The first-order chi connectivity index (χ1) is 17.1. The molecular formula is C22H11Cl8N4S2+. The van der Waals surface area contributed by atoms with E-state index >= 15 is 0 Å². The molecule has 0 saturated carbocycles. The van der Waals surface area contributed by atoms with Gasteiger partial charge in [0.1, 0.15) is 15.1 Å². The molecule has 0 N–H and O–H groups in total. The van der Waals surface area contributed by atoms with E-state index in [1.54, 1.807) is 10.2 Å². The molecule has 0 aliphatic carbocycles. The van der Waals surface area contributed by atoms with Crippen LogP contribution in [-0.4, -0.2) is 15.3 Å². The largest absolute Gasteiger partial charge is 0.278 e. The van der Waals surface area contributed by atoms with Crippen molar-refractivity contribution in [1.82, 2.24) is 15.3 Å². The summed E-state index contributed by atoms with van der Waals surface area (Å²) >= 11 is 57.4. The van der Waals surface area contributed by atoms with Gasteiger partial charge in [-0.15, -0.1) is 10.2 Å². The summed E-state index contributed by atoms with van der Waals surface area (Å²) in [4.78, 5) is 0. The van der Waals surface area contributed by atoms with Crippen molar-refractivity contribution in [2.24, 2.45) is 0 Å². The molecule has 0 fully saturated rings. The summed E-state index contributed by atoms with van der Waals surface area (Å²) < 4.78 is 1.57. The van der Waals surface area contributed by atoms with Gasteiger partial charge in [-0.25, -0.2) is 0 Å². The third-order valence-corrected chi connectivity index (χ3v) is 10.7. The Hall–Kier alpha value is -0.380. The van der Waals surface area contributed by atoms with Crippen LogP contribution in [0.2, 0.25) is 40.2 Å². The van der Waals surface area contributed by atoms with Crippen LogP contribution in [0.3, 0.4) is 0 Å². The molecule has 5 rings (SSSR count). The predicted molar refractivity (Wildman–Crippen MR) is 156 cm³/mol. The Kier molecular flexibility index (Phi) is 7.79. The van der Waals surface area contributed by atoms with Crippen LogP contribution in [0, 0.1) is 0 Å². The molecule has 0 unspecified atom stereocenters.